The van der Waals surface area contributed by atoms with Crippen LogP contribution in [0.2, 0.25) is 0 Å². The van der Waals surface area contributed by atoms with Crippen LogP contribution in [0, 0.1) is 5.92 Å². The van der Waals surface area contributed by atoms with Gasteiger partial charge < -0.3 is 11.5 Å². The number of hydrogen-bond acceptors (Lipinski definition) is 3. The van der Waals surface area contributed by atoms with Gasteiger partial charge in [-0.1, -0.05) is 6.92 Å². The maximum absolute atomic E-state index is 11.1. The molecule has 1 rings (SSSR count). The van der Waals surface area contributed by atoms with Crippen LogP contribution in [0.5, 0.6) is 0 Å². The first-order valence-electron chi connectivity index (χ1n) is 5.35. The monoisotopic (exact) mass is 199 g/mol. The lowest BCUT2D eigenvalue weighted by atomic mass is 10.0. The number of amides is 1. The van der Waals surface area contributed by atoms with Crippen molar-refractivity contribution >= 4 is 5.91 Å². The first-order valence-corrected chi connectivity index (χ1v) is 5.35. The summed E-state index contributed by atoms with van der Waals surface area (Å²) in [7, 11) is 0. The Balaban J connectivity index is 2.51. The number of nitrogens with two attached hydrogens (primary N) is 2. The molecular weight excluding hydrogens is 178 g/mol. The maximum Gasteiger partial charge on any atom is 0.234 e. The van der Waals surface area contributed by atoms with Crippen LogP contribution in [0.4, 0.5) is 0 Å². The summed E-state index contributed by atoms with van der Waals surface area (Å²) in [4.78, 5) is 13.3. The molecule has 1 amide bonds. The Morgan fingerprint density at radius 3 is 2.64 bits per heavy atom. The molecule has 0 saturated carbocycles. The van der Waals surface area contributed by atoms with Crippen LogP contribution in [-0.2, 0) is 4.79 Å². The van der Waals surface area contributed by atoms with Gasteiger partial charge in [0.25, 0.3) is 0 Å². The molecule has 4 N–H and O–H groups in total. The van der Waals surface area contributed by atoms with E-state index in [0.717, 1.165) is 25.9 Å². The highest BCUT2D eigenvalue weighted by atomic mass is 16.1. The van der Waals surface area contributed by atoms with Gasteiger partial charge in [0.2, 0.25) is 5.91 Å². The largest absolute Gasteiger partial charge is 0.368 e. The lowest BCUT2D eigenvalue weighted by Crippen LogP contribution is -2.43. The van der Waals surface area contributed by atoms with Crippen LogP contribution in [0.3, 0.4) is 0 Å². The van der Waals surface area contributed by atoms with Gasteiger partial charge in [-0.2, -0.15) is 0 Å². The van der Waals surface area contributed by atoms with E-state index < -0.39 is 0 Å². The van der Waals surface area contributed by atoms with Gasteiger partial charge in [0.15, 0.2) is 0 Å². The fourth-order valence-electron chi connectivity index (χ4n) is 2.17. The van der Waals surface area contributed by atoms with E-state index in [9.17, 15) is 4.79 Å². The number of carbonyl (C=O) groups excluding carboxylic acids is 1. The van der Waals surface area contributed by atoms with E-state index in [-0.39, 0.29) is 18.0 Å². The summed E-state index contributed by atoms with van der Waals surface area (Å²) in [6.45, 7) is 5.89. The standard InChI is InChI=1S/C10H21N3O/c1-3-9(10(12)14)13-5-4-8(6-13)7(2)11/h7-9H,3-6,11H2,1-2H3,(H2,12,14). The summed E-state index contributed by atoms with van der Waals surface area (Å²) >= 11 is 0. The minimum Gasteiger partial charge on any atom is -0.368 e. The summed E-state index contributed by atoms with van der Waals surface area (Å²) in [5.74, 6) is 0.307. The minimum absolute atomic E-state index is 0.0984. The lowest BCUT2D eigenvalue weighted by Gasteiger charge is -2.24. The van der Waals surface area contributed by atoms with E-state index in [0.29, 0.717) is 5.92 Å². The molecule has 1 aliphatic rings. The number of carbonyl (C=O) groups is 1. The third kappa shape index (κ3) is 2.45. The Kier molecular flexibility index (Phi) is 3.89. The van der Waals surface area contributed by atoms with Gasteiger partial charge in [-0.05, 0) is 32.2 Å². The van der Waals surface area contributed by atoms with Gasteiger partial charge in [-0.3, -0.25) is 9.69 Å². The molecule has 0 aromatic heterocycles. The second-order valence-electron chi connectivity index (χ2n) is 4.23. The first kappa shape index (κ1) is 11.5. The predicted octanol–water partition coefficient (Wildman–Crippen LogP) is -0.0806. The van der Waals surface area contributed by atoms with Crippen molar-refractivity contribution < 1.29 is 4.79 Å². The summed E-state index contributed by atoms with van der Waals surface area (Å²) in [6.07, 6.45) is 1.88. The van der Waals surface area contributed by atoms with Crippen molar-refractivity contribution in [3.8, 4) is 0 Å². The van der Waals surface area contributed by atoms with E-state index in [2.05, 4.69) is 4.90 Å². The van der Waals surface area contributed by atoms with Crippen LogP contribution in [0.25, 0.3) is 0 Å². The normalized spacial score (nSPS) is 27.5. The van der Waals surface area contributed by atoms with Gasteiger partial charge in [0.05, 0.1) is 6.04 Å². The van der Waals surface area contributed by atoms with E-state index >= 15 is 0 Å². The van der Waals surface area contributed by atoms with Gasteiger partial charge in [-0.25, -0.2) is 0 Å². The molecule has 3 atom stereocenters. The minimum atomic E-state index is -0.210. The molecule has 0 radical (unpaired) electrons. The molecule has 0 aromatic carbocycles. The number of hydrogen-bond donors (Lipinski definition) is 2. The van der Waals surface area contributed by atoms with Crippen molar-refractivity contribution in [3.05, 3.63) is 0 Å². The van der Waals surface area contributed by atoms with Crippen molar-refractivity contribution in [2.45, 2.75) is 38.8 Å². The predicted molar refractivity (Wildman–Crippen MR) is 56.6 cm³/mol. The van der Waals surface area contributed by atoms with Gasteiger partial charge >= 0.3 is 0 Å². The average Bonchev–Trinajstić information content (AvgIpc) is 2.53. The Labute approximate surface area is 85.6 Å². The fraction of sp³-hybridized carbons (Fsp3) is 0.900. The second-order valence-corrected chi connectivity index (χ2v) is 4.23. The van der Waals surface area contributed by atoms with Crippen molar-refractivity contribution in [2.24, 2.45) is 17.4 Å². The molecule has 14 heavy (non-hydrogen) atoms. The van der Waals surface area contributed by atoms with Crippen LogP contribution >= 0.6 is 0 Å². The first-order chi connectivity index (χ1) is 6.56. The third-order valence-electron chi connectivity index (χ3n) is 3.16. The Bertz CT molecular complexity index is 206. The summed E-state index contributed by atoms with van der Waals surface area (Å²) < 4.78 is 0. The van der Waals surface area contributed by atoms with Crippen LogP contribution in [0.1, 0.15) is 26.7 Å². The Morgan fingerprint density at radius 2 is 2.29 bits per heavy atom. The zero-order chi connectivity index (χ0) is 10.7. The van der Waals surface area contributed by atoms with Crippen molar-refractivity contribution in [1.82, 2.24) is 4.90 Å². The molecule has 1 heterocycles. The highest BCUT2D eigenvalue weighted by Crippen LogP contribution is 2.21. The lowest BCUT2D eigenvalue weighted by molar-refractivity contribution is -0.123. The maximum atomic E-state index is 11.1. The number of nitrogens with zero attached hydrogens (tertiary/aromatic N) is 1. The van der Waals surface area contributed by atoms with E-state index in [4.69, 9.17) is 11.5 Å². The van der Waals surface area contributed by atoms with E-state index in [1.807, 2.05) is 13.8 Å². The average molecular weight is 199 g/mol. The van der Waals surface area contributed by atoms with Crippen LogP contribution in [-0.4, -0.2) is 36.0 Å². The number of rotatable bonds is 4. The Morgan fingerprint density at radius 1 is 1.64 bits per heavy atom. The SMILES string of the molecule is CCC(C(N)=O)N1CCC(C(C)N)C1. The zero-order valence-corrected chi connectivity index (χ0v) is 9.07. The number of likely N-dealkylation sites (tertiary alicyclic amines) is 1. The van der Waals surface area contributed by atoms with Crippen LogP contribution < -0.4 is 11.5 Å². The van der Waals surface area contributed by atoms with Gasteiger partial charge in [0.1, 0.15) is 0 Å². The molecule has 4 heteroatoms. The fourth-order valence-corrected chi connectivity index (χ4v) is 2.17. The Hall–Kier alpha value is -0.610. The molecule has 1 aliphatic heterocycles. The second kappa shape index (κ2) is 4.75. The van der Waals surface area contributed by atoms with Gasteiger partial charge in [-0.15, -0.1) is 0 Å². The van der Waals surface area contributed by atoms with Crippen molar-refractivity contribution in [1.29, 1.82) is 0 Å². The summed E-state index contributed by atoms with van der Waals surface area (Å²) in [6, 6.07) is 0.115. The molecule has 0 bridgehead atoms. The zero-order valence-electron chi connectivity index (χ0n) is 9.07. The van der Waals surface area contributed by atoms with Gasteiger partial charge in [0, 0.05) is 12.6 Å². The molecule has 1 saturated heterocycles. The topological polar surface area (TPSA) is 72.4 Å². The van der Waals surface area contributed by atoms with Crippen molar-refractivity contribution in [2.75, 3.05) is 13.1 Å². The molecule has 3 unspecified atom stereocenters. The van der Waals surface area contributed by atoms with Crippen molar-refractivity contribution in [3.63, 3.8) is 0 Å². The molecule has 4 nitrogen and oxygen atoms in total. The summed E-state index contributed by atoms with van der Waals surface area (Å²) in [5.41, 5.74) is 11.2. The molecule has 0 aromatic rings. The van der Waals surface area contributed by atoms with Crippen LogP contribution in [0.15, 0.2) is 0 Å². The van der Waals surface area contributed by atoms with E-state index in [1.54, 1.807) is 0 Å². The summed E-state index contributed by atoms with van der Waals surface area (Å²) in [5, 5.41) is 0. The molecule has 0 aliphatic carbocycles. The molecule has 0 spiro atoms. The van der Waals surface area contributed by atoms with E-state index in [1.165, 1.54) is 0 Å². The molecule has 82 valence electrons. The molecule has 1 fully saturated rings. The highest BCUT2D eigenvalue weighted by Gasteiger charge is 2.31. The highest BCUT2D eigenvalue weighted by molar-refractivity contribution is 5.79. The molecular formula is C10H21N3O. The third-order valence-corrected chi connectivity index (χ3v) is 3.16. The quantitative estimate of drug-likeness (QED) is 0.665. The smallest absolute Gasteiger partial charge is 0.234 e. The number of primary amides is 1.